The lowest BCUT2D eigenvalue weighted by Crippen LogP contribution is -2.07. The molecule has 3 aromatic rings. The van der Waals surface area contributed by atoms with E-state index >= 15 is 0 Å². The highest BCUT2D eigenvalue weighted by Crippen LogP contribution is 2.19. The molecule has 2 N–H and O–H groups in total. The molecular formula is C12H13N7O. The zero-order valence-corrected chi connectivity index (χ0v) is 10.9. The quantitative estimate of drug-likeness (QED) is 0.742. The van der Waals surface area contributed by atoms with E-state index in [2.05, 4.69) is 25.1 Å². The Hall–Kier alpha value is -2.61. The molecule has 3 rings (SSSR count). The highest BCUT2D eigenvalue weighted by atomic mass is 16.5. The van der Waals surface area contributed by atoms with E-state index in [4.69, 9.17) is 10.3 Å². The zero-order valence-electron chi connectivity index (χ0n) is 10.9. The summed E-state index contributed by atoms with van der Waals surface area (Å²) in [6.45, 7) is 3.04. The molecule has 20 heavy (non-hydrogen) atoms. The van der Waals surface area contributed by atoms with Gasteiger partial charge in [0.25, 0.3) is 5.89 Å². The number of nitrogens with zero attached hydrogens (tertiary/aromatic N) is 6. The Morgan fingerprint density at radius 1 is 1.25 bits per heavy atom. The fourth-order valence-electron chi connectivity index (χ4n) is 1.75. The lowest BCUT2D eigenvalue weighted by atomic mass is 10.4. The molecule has 0 radical (unpaired) electrons. The van der Waals surface area contributed by atoms with Crippen LogP contribution in [-0.2, 0) is 6.54 Å². The first-order chi connectivity index (χ1) is 9.76. The lowest BCUT2D eigenvalue weighted by Gasteiger charge is -1.94. The number of aromatic nitrogens is 6. The van der Waals surface area contributed by atoms with Gasteiger partial charge in [-0.3, -0.25) is 0 Å². The maximum atomic E-state index is 5.49. The summed E-state index contributed by atoms with van der Waals surface area (Å²) in [7, 11) is 0. The summed E-state index contributed by atoms with van der Waals surface area (Å²) in [6.07, 6.45) is 5.15. The molecule has 3 heterocycles. The van der Waals surface area contributed by atoms with Crippen LogP contribution < -0.4 is 5.73 Å². The van der Waals surface area contributed by atoms with Gasteiger partial charge in [-0.2, -0.15) is 4.98 Å². The summed E-state index contributed by atoms with van der Waals surface area (Å²) in [5.74, 6) is 1.42. The molecule has 0 unspecified atom stereocenters. The molecule has 0 aliphatic heterocycles. The van der Waals surface area contributed by atoms with Gasteiger partial charge in [0.05, 0.1) is 6.33 Å². The minimum atomic E-state index is 0.354. The predicted octanol–water partition coefficient (Wildman–Crippen LogP) is 0.657. The lowest BCUT2D eigenvalue weighted by molar-refractivity contribution is 0.431. The molecule has 8 nitrogen and oxygen atoms in total. The largest absolute Gasteiger partial charge is 0.335 e. The predicted molar refractivity (Wildman–Crippen MR) is 70.3 cm³/mol. The van der Waals surface area contributed by atoms with Crippen LogP contribution in [-0.4, -0.2) is 36.2 Å². The average molecular weight is 271 g/mol. The van der Waals surface area contributed by atoms with E-state index in [9.17, 15) is 0 Å². The molecule has 0 aromatic carbocycles. The number of imidazole rings is 1. The third-order valence-corrected chi connectivity index (χ3v) is 2.67. The van der Waals surface area contributed by atoms with Crippen molar-refractivity contribution in [3.05, 3.63) is 30.6 Å². The molecule has 0 aliphatic carbocycles. The van der Waals surface area contributed by atoms with E-state index < -0.39 is 0 Å². The van der Waals surface area contributed by atoms with Gasteiger partial charge in [-0.05, 0) is 13.0 Å². The van der Waals surface area contributed by atoms with Crippen molar-refractivity contribution in [1.29, 1.82) is 0 Å². The normalized spacial score (nSPS) is 10.9. The minimum Gasteiger partial charge on any atom is -0.335 e. The molecule has 0 saturated carbocycles. The van der Waals surface area contributed by atoms with E-state index in [1.807, 2.05) is 10.8 Å². The maximum absolute atomic E-state index is 5.49. The van der Waals surface area contributed by atoms with Crippen molar-refractivity contribution in [2.75, 3.05) is 6.54 Å². The van der Waals surface area contributed by atoms with Crippen molar-refractivity contribution in [2.45, 2.75) is 13.5 Å². The van der Waals surface area contributed by atoms with Gasteiger partial charge in [0, 0.05) is 25.5 Å². The molecule has 0 amide bonds. The van der Waals surface area contributed by atoms with Crippen LogP contribution >= 0.6 is 0 Å². The van der Waals surface area contributed by atoms with Crippen molar-refractivity contribution in [1.82, 2.24) is 29.7 Å². The summed E-state index contributed by atoms with van der Waals surface area (Å²) in [5, 5.41) is 3.91. The summed E-state index contributed by atoms with van der Waals surface area (Å²) in [4.78, 5) is 16.8. The number of rotatable bonds is 4. The Labute approximate surface area is 114 Å². The van der Waals surface area contributed by atoms with Gasteiger partial charge in [-0.15, -0.1) is 0 Å². The first-order valence-electron chi connectivity index (χ1n) is 6.12. The SMILES string of the molecule is Cc1nccc(-c2noc(-c3cn(CCN)cn3)n2)n1. The van der Waals surface area contributed by atoms with Crippen molar-refractivity contribution in [3.8, 4) is 23.1 Å². The second-order valence-electron chi connectivity index (χ2n) is 4.20. The average Bonchev–Trinajstić information content (AvgIpc) is 3.07. The third-order valence-electron chi connectivity index (χ3n) is 2.67. The Morgan fingerprint density at radius 3 is 2.95 bits per heavy atom. The van der Waals surface area contributed by atoms with Crippen LogP contribution in [0, 0.1) is 6.92 Å². The molecule has 102 valence electrons. The highest BCUT2D eigenvalue weighted by Gasteiger charge is 2.13. The fraction of sp³-hybridized carbons (Fsp3) is 0.250. The third kappa shape index (κ3) is 2.41. The molecule has 0 atom stereocenters. The highest BCUT2D eigenvalue weighted by molar-refractivity contribution is 5.53. The van der Waals surface area contributed by atoms with Crippen LogP contribution in [0.2, 0.25) is 0 Å². The van der Waals surface area contributed by atoms with E-state index in [1.54, 1.807) is 25.5 Å². The van der Waals surface area contributed by atoms with E-state index in [0.717, 1.165) is 0 Å². The summed E-state index contributed by atoms with van der Waals surface area (Å²) < 4.78 is 7.08. The van der Waals surface area contributed by atoms with E-state index in [0.29, 0.717) is 42.0 Å². The Balaban J connectivity index is 1.89. The molecule has 0 fully saturated rings. The molecule has 8 heteroatoms. The van der Waals surface area contributed by atoms with Crippen molar-refractivity contribution in [3.63, 3.8) is 0 Å². The number of hydrogen-bond donors (Lipinski definition) is 1. The zero-order chi connectivity index (χ0) is 13.9. The van der Waals surface area contributed by atoms with Crippen molar-refractivity contribution in [2.24, 2.45) is 5.73 Å². The summed E-state index contributed by atoms with van der Waals surface area (Å²) >= 11 is 0. The fourth-order valence-corrected chi connectivity index (χ4v) is 1.75. The van der Waals surface area contributed by atoms with Crippen LogP contribution in [0.5, 0.6) is 0 Å². The second kappa shape index (κ2) is 5.17. The van der Waals surface area contributed by atoms with Crippen molar-refractivity contribution >= 4 is 0 Å². The molecule has 0 saturated heterocycles. The van der Waals surface area contributed by atoms with Gasteiger partial charge in [0.1, 0.15) is 17.2 Å². The monoisotopic (exact) mass is 271 g/mol. The topological polar surface area (TPSA) is 109 Å². The summed E-state index contributed by atoms with van der Waals surface area (Å²) in [6, 6.07) is 1.73. The van der Waals surface area contributed by atoms with Gasteiger partial charge in [0.15, 0.2) is 0 Å². The summed E-state index contributed by atoms with van der Waals surface area (Å²) in [5.41, 5.74) is 6.72. The van der Waals surface area contributed by atoms with Crippen molar-refractivity contribution < 1.29 is 4.52 Å². The standard InChI is InChI=1S/C12H13N7O/c1-8-14-4-2-9(16-8)11-17-12(20-18-11)10-6-19(5-3-13)7-15-10/h2,4,6-7H,3,5,13H2,1H3. The van der Waals surface area contributed by atoms with Crippen LogP contribution in [0.3, 0.4) is 0 Å². The van der Waals surface area contributed by atoms with Crippen LogP contribution in [0.4, 0.5) is 0 Å². The number of aryl methyl sites for hydroxylation is 1. The first-order valence-corrected chi connectivity index (χ1v) is 6.12. The maximum Gasteiger partial charge on any atom is 0.278 e. The van der Waals surface area contributed by atoms with Crippen LogP contribution in [0.15, 0.2) is 29.3 Å². The minimum absolute atomic E-state index is 0.354. The molecule has 0 spiro atoms. The molecular weight excluding hydrogens is 258 g/mol. The molecule has 0 aliphatic rings. The molecule has 3 aromatic heterocycles. The van der Waals surface area contributed by atoms with Gasteiger partial charge >= 0.3 is 0 Å². The molecule has 0 bridgehead atoms. The van der Waals surface area contributed by atoms with Gasteiger partial charge in [-0.1, -0.05) is 5.16 Å². The van der Waals surface area contributed by atoms with E-state index in [1.165, 1.54) is 0 Å². The number of nitrogens with two attached hydrogens (primary N) is 1. The van der Waals surface area contributed by atoms with Gasteiger partial charge in [-0.25, -0.2) is 15.0 Å². The van der Waals surface area contributed by atoms with Crippen LogP contribution in [0.25, 0.3) is 23.1 Å². The Kier molecular flexibility index (Phi) is 3.21. The Morgan fingerprint density at radius 2 is 2.15 bits per heavy atom. The van der Waals surface area contributed by atoms with Crippen LogP contribution in [0.1, 0.15) is 5.82 Å². The number of hydrogen-bond acceptors (Lipinski definition) is 7. The first kappa shape index (κ1) is 12.4. The van der Waals surface area contributed by atoms with E-state index in [-0.39, 0.29) is 0 Å². The smallest absolute Gasteiger partial charge is 0.278 e. The second-order valence-corrected chi connectivity index (χ2v) is 4.20. The Bertz CT molecular complexity index is 718. The van der Waals surface area contributed by atoms with Gasteiger partial charge < -0.3 is 14.8 Å². The van der Waals surface area contributed by atoms with Gasteiger partial charge in [0.2, 0.25) is 5.82 Å².